The zero-order chi connectivity index (χ0) is 14.8. The molecule has 1 fully saturated rings. The Hall–Kier alpha value is -0.593. The summed E-state index contributed by atoms with van der Waals surface area (Å²) in [4.78, 5) is 10.9. The molecule has 0 bridgehead atoms. The Bertz CT molecular complexity index is 328. The van der Waals surface area contributed by atoms with Crippen LogP contribution in [0, 0.1) is 5.92 Å². The molecule has 0 unspecified atom stereocenters. The number of hydrogen-bond donors (Lipinski definition) is 3. The molecule has 0 aromatic heterocycles. The third-order valence-electron chi connectivity index (χ3n) is 4.33. The minimum Gasteiger partial charge on any atom is -0.465 e. The molecular formula is C13H28N2O3Si. The van der Waals surface area contributed by atoms with Gasteiger partial charge in [0.2, 0.25) is 0 Å². The summed E-state index contributed by atoms with van der Waals surface area (Å²) in [6.07, 6.45) is -1.03. The summed E-state index contributed by atoms with van der Waals surface area (Å²) in [6, 6.07) is -0.171. The maximum atomic E-state index is 10.9. The highest BCUT2D eigenvalue weighted by molar-refractivity contribution is 6.74. The van der Waals surface area contributed by atoms with Gasteiger partial charge in [-0.3, -0.25) is 0 Å². The van der Waals surface area contributed by atoms with Crippen LogP contribution in [0.3, 0.4) is 0 Å². The van der Waals surface area contributed by atoms with E-state index in [1.54, 1.807) is 0 Å². The largest absolute Gasteiger partial charge is 0.465 e. The van der Waals surface area contributed by atoms with E-state index in [9.17, 15) is 4.79 Å². The molecular weight excluding hydrogens is 260 g/mol. The Morgan fingerprint density at radius 3 is 2.42 bits per heavy atom. The summed E-state index contributed by atoms with van der Waals surface area (Å²) in [6.45, 7) is 14.6. The number of nitrogens with one attached hydrogen (secondary N) is 2. The van der Waals surface area contributed by atoms with Crippen LogP contribution < -0.4 is 10.6 Å². The topological polar surface area (TPSA) is 70.6 Å². The minimum atomic E-state index is -1.89. The summed E-state index contributed by atoms with van der Waals surface area (Å²) < 4.78 is 6.44. The summed E-state index contributed by atoms with van der Waals surface area (Å²) in [5.74, 6) is 0.305. The fourth-order valence-corrected chi connectivity index (χ4v) is 3.53. The SMILES string of the molecule is C[C@H]1CNC[C@@H](NC(=O)O)[C@H]1O[Si](C)(C)C(C)(C)C. The van der Waals surface area contributed by atoms with Gasteiger partial charge >= 0.3 is 6.09 Å². The van der Waals surface area contributed by atoms with Crippen molar-refractivity contribution in [2.75, 3.05) is 13.1 Å². The molecule has 1 heterocycles. The van der Waals surface area contributed by atoms with Crippen molar-refractivity contribution in [3.05, 3.63) is 0 Å². The summed E-state index contributed by atoms with van der Waals surface area (Å²) >= 11 is 0. The van der Waals surface area contributed by atoms with Crippen LogP contribution in [0.15, 0.2) is 0 Å². The van der Waals surface area contributed by atoms with E-state index in [1.807, 2.05) is 0 Å². The number of carboxylic acid groups (broad SMARTS) is 1. The number of piperidine rings is 1. The highest BCUT2D eigenvalue weighted by atomic mass is 28.4. The predicted octanol–water partition coefficient (Wildman–Crippen LogP) is 2.25. The van der Waals surface area contributed by atoms with Gasteiger partial charge in [0.15, 0.2) is 8.32 Å². The molecule has 19 heavy (non-hydrogen) atoms. The van der Waals surface area contributed by atoms with Crippen molar-refractivity contribution in [3.63, 3.8) is 0 Å². The molecule has 1 aliphatic heterocycles. The molecule has 0 aliphatic carbocycles. The van der Waals surface area contributed by atoms with Gasteiger partial charge in [0, 0.05) is 13.1 Å². The third kappa shape index (κ3) is 4.19. The number of carbonyl (C=O) groups is 1. The van der Waals surface area contributed by atoms with E-state index in [-0.39, 0.29) is 17.2 Å². The maximum Gasteiger partial charge on any atom is 0.405 e. The van der Waals surface area contributed by atoms with Crippen LogP contribution in [0.25, 0.3) is 0 Å². The molecule has 3 atom stereocenters. The lowest BCUT2D eigenvalue weighted by molar-refractivity contribution is 0.0635. The average molecular weight is 288 g/mol. The average Bonchev–Trinajstić information content (AvgIpc) is 2.20. The van der Waals surface area contributed by atoms with Crippen molar-refractivity contribution in [1.29, 1.82) is 0 Å². The molecule has 112 valence electrons. The predicted molar refractivity (Wildman–Crippen MR) is 79.1 cm³/mol. The standard InChI is InChI=1S/C13H28N2O3Si/c1-9-7-14-8-10(15-12(16)17)11(9)18-19(5,6)13(2,3)4/h9-11,14-15H,7-8H2,1-6H3,(H,16,17)/t9-,10+,11-/m0/s1. The zero-order valence-corrected chi connectivity index (χ0v) is 13.9. The molecule has 1 rings (SSSR count). The third-order valence-corrected chi connectivity index (χ3v) is 8.81. The van der Waals surface area contributed by atoms with Crippen LogP contribution in [0.2, 0.25) is 18.1 Å². The first kappa shape index (κ1) is 16.5. The van der Waals surface area contributed by atoms with Crippen molar-refractivity contribution in [2.45, 2.75) is 58.0 Å². The second kappa shape index (κ2) is 5.81. The van der Waals surface area contributed by atoms with E-state index < -0.39 is 14.4 Å². The quantitative estimate of drug-likeness (QED) is 0.697. The second-order valence-electron chi connectivity index (χ2n) is 7.03. The number of rotatable bonds is 3. The minimum absolute atomic E-state index is 0.0433. The molecule has 0 radical (unpaired) electrons. The van der Waals surface area contributed by atoms with Crippen molar-refractivity contribution in [3.8, 4) is 0 Å². The fourth-order valence-electron chi connectivity index (χ4n) is 2.10. The molecule has 0 spiro atoms. The lowest BCUT2D eigenvalue weighted by Gasteiger charge is -2.45. The molecule has 1 aliphatic rings. The van der Waals surface area contributed by atoms with Crippen molar-refractivity contribution < 1.29 is 14.3 Å². The second-order valence-corrected chi connectivity index (χ2v) is 11.8. The van der Waals surface area contributed by atoms with E-state index in [0.29, 0.717) is 12.5 Å². The van der Waals surface area contributed by atoms with Gasteiger partial charge in [-0.25, -0.2) is 4.79 Å². The fraction of sp³-hybridized carbons (Fsp3) is 0.923. The van der Waals surface area contributed by atoms with Crippen LogP contribution >= 0.6 is 0 Å². The van der Waals surface area contributed by atoms with Crippen LogP contribution in [0.1, 0.15) is 27.7 Å². The Morgan fingerprint density at radius 2 is 1.95 bits per heavy atom. The van der Waals surface area contributed by atoms with E-state index in [0.717, 1.165) is 6.54 Å². The van der Waals surface area contributed by atoms with Crippen LogP contribution in [0.5, 0.6) is 0 Å². The molecule has 0 aromatic rings. The van der Waals surface area contributed by atoms with Crippen LogP contribution in [-0.4, -0.2) is 44.8 Å². The molecule has 1 saturated heterocycles. The van der Waals surface area contributed by atoms with Gasteiger partial charge in [-0.15, -0.1) is 0 Å². The maximum absolute atomic E-state index is 10.9. The molecule has 3 N–H and O–H groups in total. The van der Waals surface area contributed by atoms with Gasteiger partial charge in [-0.2, -0.15) is 0 Å². The number of hydrogen-bond acceptors (Lipinski definition) is 3. The smallest absolute Gasteiger partial charge is 0.405 e. The zero-order valence-electron chi connectivity index (χ0n) is 12.9. The number of amides is 1. The normalized spacial score (nSPS) is 29.1. The summed E-state index contributed by atoms with van der Waals surface area (Å²) in [7, 11) is -1.89. The molecule has 5 nitrogen and oxygen atoms in total. The first-order chi connectivity index (χ1) is 8.54. The van der Waals surface area contributed by atoms with Crippen LogP contribution in [0.4, 0.5) is 4.79 Å². The Kier molecular flexibility index (Phi) is 5.03. The monoisotopic (exact) mass is 288 g/mol. The van der Waals surface area contributed by atoms with Crippen molar-refractivity contribution in [1.82, 2.24) is 10.6 Å². The molecule has 1 amide bonds. The van der Waals surface area contributed by atoms with Gasteiger partial charge in [-0.1, -0.05) is 27.7 Å². The van der Waals surface area contributed by atoms with Gasteiger partial charge < -0.3 is 20.2 Å². The Morgan fingerprint density at radius 1 is 1.37 bits per heavy atom. The molecule has 6 heteroatoms. The highest BCUT2D eigenvalue weighted by Gasteiger charge is 2.43. The van der Waals surface area contributed by atoms with E-state index in [2.05, 4.69) is 51.4 Å². The lowest BCUT2D eigenvalue weighted by atomic mass is 9.94. The van der Waals surface area contributed by atoms with Gasteiger partial charge in [0.1, 0.15) is 0 Å². The Balaban J connectivity index is 2.83. The van der Waals surface area contributed by atoms with Crippen LogP contribution in [-0.2, 0) is 4.43 Å². The lowest BCUT2D eigenvalue weighted by Crippen LogP contribution is -2.61. The first-order valence-corrected chi connectivity index (χ1v) is 9.83. The van der Waals surface area contributed by atoms with Gasteiger partial charge in [0.05, 0.1) is 12.1 Å². The summed E-state index contributed by atoms with van der Waals surface area (Å²) in [5.41, 5.74) is 0. The molecule has 0 saturated carbocycles. The van der Waals surface area contributed by atoms with E-state index in [4.69, 9.17) is 9.53 Å². The van der Waals surface area contributed by atoms with Gasteiger partial charge in [0.25, 0.3) is 0 Å². The van der Waals surface area contributed by atoms with Crippen molar-refractivity contribution >= 4 is 14.4 Å². The molecule has 0 aromatic carbocycles. The Labute approximate surface area is 117 Å². The highest BCUT2D eigenvalue weighted by Crippen LogP contribution is 2.38. The summed E-state index contributed by atoms with van der Waals surface area (Å²) in [5, 5.41) is 14.9. The van der Waals surface area contributed by atoms with Crippen molar-refractivity contribution in [2.24, 2.45) is 5.92 Å². The first-order valence-electron chi connectivity index (χ1n) is 6.92. The van der Waals surface area contributed by atoms with Gasteiger partial charge in [-0.05, 0) is 24.1 Å². The van der Waals surface area contributed by atoms with E-state index in [1.165, 1.54) is 0 Å². The van der Waals surface area contributed by atoms with E-state index >= 15 is 0 Å².